The second-order valence-electron chi connectivity index (χ2n) is 8.05. The second kappa shape index (κ2) is 10.8. The van der Waals surface area contributed by atoms with Crippen molar-refractivity contribution in [2.75, 3.05) is 23.3 Å². The van der Waals surface area contributed by atoms with Crippen LogP contribution in [0.1, 0.15) is 50.8 Å². The SMILES string of the molecule is CCCN(CCC)c1ccc(C(C)C(=O)Nc2ccc(-c3ccnc(C)c3)cc2)cc1. The van der Waals surface area contributed by atoms with E-state index < -0.39 is 0 Å². The number of benzene rings is 2. The van der Waals surface area contributed by atoms with Crippen LogP contribution in [0, 0.1) is 6.92 Å². The van der Waals surface area contributed by atoms with Gasteiger partial charge < -0.3 is 10.2 Å². The van der Waals surface area contributed by atoms with E-state index in [-0.39, 0.29) is 11.8 Å². The fourth-order valence-corrected chi connectivity index (χ4v) is 3.76. The number of hydrogen-bond acceptors (Lipinski definition) is 3. The zero-order valence-corrected chi connectivity index (χ0v) is 19.1. The lowest BCUT2D eigenvalue weighted by atomic mass is 9.99. The molecule has 0 spiro atoms. The topological polar surface area (TPSA) is 45.2 Å². The lowest BCUT2D eigenvalue weighted by Gasteiger charge is -2.24. The summed E-state index contributed by atoms with van der Waals surface area (Å²) in [5.41, 5.74) is 6.28. The quantitative estimate of drug-likeness (QED) is 0.438. The van der Waals surface area contributed by atoms with Crippen LogP contribution >= 0.6 is 0 Å². The largest absolute Gasteiger partial charge is 0.372 e. The molecule has 0 saturated heterocycles. The van der Waals surface area contributed by atoms with Crippen molar-refractivity contribution in [1.82, 2.24) is 4.98 Å². The minimum Gasteiger partial charge on any atom is -0.372 e. The first-order valence-electron chi connectivity index (χ1n) is 11.2. The highest BCUT2D eigenvalue weighted by molar-refractivity contribution is 5.95. The van der Waals surface area contributed by atoms with Crippen molar-refractivity contribution in [3.63, 3.8) is 0 Å². The van der Waals surface area contributed by atoms with Crippen LogP contribution < -0.4 is 10.2 Å². The van der Waals surface area contributed by atoms with Gasteiger partial charge in [0.05, 0.1) is 5.92 Å². The van der Waals surface area contributed by atoms with Crippen LogP contribution in [0.3, 0.4) is 0 Å². The third-order valence-electron chi connectivity index (χ3n) is 5.52. The molecule has 0 bridgehead atoms. The Kier molecular flexibility index (Phi) is 7.82. The molecule has 0 aliphatic carbocycles. The molecular weight excluding hydrogens is 382 g/mol. The minimum absolute atomic E-state index is 0.000715. The Morgan fingerprint density at radius 3 is 2.16 bits per heavy atom. The fraction of sp³-hybridized carbons (Fsp3) is 0.333. The van der Waals surface area contributed by atoms with Gasteiger partial charge in [0.1, 0.15) is 0 Å². The maximum atomic E-state index is 12.8. The molecule has 1 heterocycles. The van der Waals surface area contributed by atoms with E-state index in [0.717, 1.165) is 54.0 Å². The average Bonchev–Trinajstić information content (AvgIpc) is 2.79. The molecule has 1 amide bonds. The molecule has 4 heteroatoms. The molecule has 0 saturated carbocycles. The molecule has 1 N–H and O–H groups in total. The summed E-state index contributed by atoms with van der Waals surface area (Å²) in [6.45, 7) is 10.4. The number of carbonyl (C=O) groups excluding carboxylic acids is 1. The Labute approximate surface area is 186 Å². The molecular formula is C27H33N3O. The number of aromatic nitrogens is 1. The molecule has 0 fully saturated rings. The average molecular weight is 416 g/mol. The maximum absolute atomic E-state index is 12.8. The first-order chi connectivity index (χ1) is 15.0. The highest BCUT2D eigenvalue weighted by Crippen LogP contribution is 2.24. The summed E-state index contributed by atoms with van der Waals surface area (Å²) >= 11 is 0. The van der Waals surface area contributed by atoms with E-state index in [2.05, 4.69) is 59.4 Å². The van der Waals surface area contributed by atoms with Gasteiger partial charge in [-0.15, -0.1) is 0 Å². The van der Waals surface area contributed by atoms with E-state index in [1.165, 1.54) is 5.69 Å². The Balaban J connectivity index is 1.65. The third kappa shape index (κ3) is 5.94. The number of amides is 1. The number of anilines is 2. The summed E-state index contributed by atoms with van der Waals surface area (Å²) in [5.74, 6) is -0.221. The number of rotatable bonds is 9. The Hall–Kier alpha value is -3.14. The lowest BCUT2D eigenvalue weighted by molar-refractivity contribution is -0.117. The zero-order valence-electron chi connectivity index (χ0n) is 19.1. The van der Waals surface area contributed by atoms with E-state index in [1.807, 2.05) is 50.4 Å². The van der Waals surface area contributed by atoms with Crippen molar-refractivity contribution >= 4 is 17.3 Å². The monoisotopic (exact) mass is 415 g/mol. The van der Waals surface area contributed by atoms with Crippen LogP contribution in [0.5, 0.6) is 0 Å². The predicted octanol–water partition coefficient (Wildman–Crippen LogP) is 6.43. The van der Waals surface area contributed by atoms with Crippen molar-refractivity contribution in [1.29, 1.82) is 0 Å². The van der Waals surface area contributed by atoms with Crippen LogP contribution in [0.4, 0.5) is 11.4 Å². The van der Waals surface area contributed by atoms with E-state index in [1.54, 1.807) is 0 Å². The smallest absolute Gasteiger partial charge is 0.231 e. The molecule has 3 aromatic rings. The van der Waals surface area contributed by atoms with E-state index in [0.29, 0.717) is 0 Å². The van der Waals surface area contributed by atoms with Gasteiger partial charge in [-0.2, -0.15) is 0 Å². The van der Waals surface area contributed by atoms with Crippen molar-refractivity contribution in [3.05, 3.63) is 78.1 Å². The first kappa shape index (κ1) is 22.5. The second-order valence-corrected chi connectivity index (χ2v) is 8.05. The van der Waals surface area contributed by atoms with Crippen molar-refractivity contribution in [3.8, 4) is 11.1 Å². The van der Waals surface area contributed by atoms with Crippen molar-refractivity contribution < 1.29 is 4.79 Å². The maximum Gasteiger partial charge on any atom is 0.231 e. The standard InChI is InChI=1S/C27H33N3O/c1-5-17-30(18-6-2)26-13-9-22(10-14-26)21(4)27(31)29-25-11-7-23(8-12-25)24-15-16-28-20(3)19-24/h7-16,19,21H,5-6,17-18H2,1-4H3,(H,29,31). The van der Waals surface area contributed by atoms with Crippen molar-refractivity contribution in [2.24, 2.45) is 0 Å². The summed E-state index contributed by atoms with van der Waals surface area (Å²) in [7, 11) is 0. The molecule has 162 valence electrons. The molecule has 4 nitrogen and oxygen atoms in total. The third-order valence-corrected chi connectivity index (χ3v) is 5.52. The van der Waals surface area contributed by atoms with Gasteiger partial charge in [0.2, 0.25) is 5.91 Å². The molecule has 31 heavy (non-hydrogen) atoms. The van der Waals surface area contributed by atoms with Crippen molar-refractivity contribution in [2.45, 2.75) is 46.5 Å². The van der Waals surface area contributed by atoms with E-state index in [9.17, 15) is 4.79 Å². The summed E-state index contributed by atoms with van der Waals surface area (Å²) < 4.78 is 0. The van der Waals surface area contributed by atoms with Crippen LogP contribution in [0.2, 0.25) is 0 Å². The highest BCUT2D eigenvalue weighted by atomic mass is 16.1. The fourth-order valence-electron chi connectivity index (χ4n) is 3.76. The van der Waals surface area contributed by atoms with Gasteiger partial charge in [0.25, 0.3) is 0 Å². The normalized spacial score (nSPS) is 11.7. The van der Waals surface area contributed by atoms with E-state index >= 15 is 0 Å². The Morgan fingerprint density at radius 1 is 0.935 bits per heavy atom. The highest BCUT2D eigenvalue weighted by Gasteiger charge is 2.16. The number of pyridine rings is 1. The van der Waals surface area contributed by atoms with Gasteiger partial charge in [-0.05, 0) is 79.8 Å². The molecule has 3 rings (SSSR count). The van der Waals surface area contributed by atoms with Crippen LogP contribution in [0.25, 0.3) is 11.1 Å². The van der Waals surface area contributed by atoms with Crippen LogP contribution in [0.15, 0.2) is 66.9 Å². The minimum atomic E-state index is -0.220. The summed E-state index contributed by atoms with van der Waals surface area (Å²) in [5, 5.41) is 3.05. The number of nitrogens with one attached hydrogen (secondary N) is 1. The first-order valence-corrected chi connectivity index (χ1v) is 11.2. The Morgan fingerprint density at radius 2 is 1.58 bits per heavy atom. The molecule has 0 aliphatic heterocycles. The van der Waals surface area contributed by atoms with E-state index in [4.69, 9.17) is 0 Å². The summed E-state index contributed by atoms with van der Waals surface area (Å²) in [6, 6.07) is 20.4. The van der Waals surface area contributed by atoms with Gasteiger partial charge in [0, 0.05) is 36.4 Å². The van der Waals surface area contributed by atoms with Gasteiger partial charge in [-0.1, -0.05) is 38.1 Å². The molecule has 1 aromatic heterocycles. The number of carbonyl (C=O) groups is 1. The van der Waals surface area contributed by atoms with Gasteiger partial charge in [-0.25, -0.2) is 0 Å². The predicted molar refractivity (Wildman–Crippen MR) is 131 cm³/mol. The van der Waals surface area contributed by atoms with Gasteiger partial charge in [-0.3, -0.25) is 9.78 Å². The zero-order chi connectivity index (χ0) is 22.2. The van der Waals surface area contributed by atoms with Gasteiger partial charge >= 0.3 is 0 Å². The molecule has 1 atom stereocenters. The molecule has 2 aromatic carbocycles. The summed E-state index contributed by atoms with van der Waals surface area (Å²) in [6.07, 6.45) is 4.07. The molecule has 0 aliphatic rings. The number of nitrogens with zero attached hydrogens (tertiary/aromatic N) is 2. The summed E-state index contributed by atoms with van der Waals surface area (Å²) in [4.78, 5) is 19.5. The van der Waals surface area contributed by atoms with Crippen LogP contribution in [-0.2, 0) is 4.79 Å². The lowest BCUT2D eigenvalue weighted by Crippen LogP contribution is -2.25. The number of aryl methyl sites for hydroxylation is 1. The molecule has 1 unspecified atom stereocenters. The van der Waals surface area contributed by atoms with Gasteiger partial charge in [0.15, 0.2) is 0 Å². The Bertz CT molecular complexity index is 974. The van der Waals surface area contributed by atoms with Crippen LogP contribution in [-0.4, -0.2) is 24.0 Å². The molecule has 0 radical (unpaired) electrons. The number of hydrogen-bond donors (Lipinski definition) is 1.